The Kier molecular flexibility index (Phi) is 7.04. The molecule has 0 radical (unpaired) electrons. The number of nitrogens with zero attached hydrogens (tertiary/aromatic N) is 3. The molecular formula is C19H28N6O2. The Bertz CT molecular complexity index is 706. The smallest absolute Gasteiger partial charge is 0.233 e. The van der Waals surface area contributed by atoms with Crippen molar-refractivity contribution in [3.8, 4) is 5.75 Å². The van der Waals surface area contributed by atoms with Crippen molar-refractivity contribution in [2.75, 3.05) is 42.8 Å². The third-order valence-electron chi connectivity index (χ3n) is 4.12. The van der Waals surface area contributed by atoms with Crippen molar-refractivity contribution in [1.29, 1.82) is 0 Å². The molecule has 0 saturated carbocycles. The molecule has 1 aliphatic rings. The highest BCUT2D eigenvalue weighted by atomic mass is 16.6. The van der Waals surface area contributed by atoms with Crippen LogP contribution in [-0.4, -0.2) is 47.9 Å². The van der Waals surface area contributed by atoms with Gasteiger partial charge in [0.1, 0.15) is 18.5 Å². The minimum atomic E-state index is 0.251. The first-order valence-corrected chi connectivity index (χ1v) is 9.56. The number of hydrogen-bond acceptors (Lipinski definition) is 8. The number of nitrogens with one attached hydrogen (secondary N) is 3. The first kappa shape index (κ1) is 19.2. The van der Waals surface area contributed by atoms with Gasteiger partial charge in [-0.15, -0.1) is 0 Å². The molecule has 0 aliphatic carbocycles. The molecule has 1 aliphatic heterocycles. The van der Waals surface area contributed by atoms with Gasteiger partial charge in [-0.05, 0) is 30.7 Å². The number of ether oxygens (including phenoxy) is 2. The highest BCUT2D eigenvalue weighted by molar-refractivity contribution is 5.56. The number of hydrogen-bond donors (Lipinski definition) is 3. The van der Waals surface area contributed by atoms with Crippen molar-refractivity contribution < 1.29 is 9.47 Å². The fourth-order valence-corrected chi connectivity index (χ4v) is 2.49. The quantitative estimate of drug-likeness (QED) is 0.385. The summed E-state index contributed by atoms with van der Waals surface area (Å²) in [7, 11) is 1.79. The van der Waals surface area contributed by atoms with E-state index in [4.69, 9.17) is 9.47 Å². The van der Waals surface area contributed by atoms with Crippen LogP contribution in [0.15, 0.2) is 24.3 Å². The van der Waals surface area contributed by atoms with Crippen molar-refractivity contribution in [3.63, 3.8) is 0 Å². The number of aromatic nitrogens is 3. The minimum Gasteiger partial charge on any atom is -0.491 e. The summed E-state index contributed by atoms with van der Waals surface area (Å²) in [6.07, 6.45) is 5.04. The molecule has 8 heteroatoms. The molecule has 0 amide bonds. The number of unbranched alkanes of at least 4 members (excludes halogenated alkanes) is 3. The molecule has 3 N–H and O–H groups in total. The molecule has 3 rings (SSSR count). The fraction of sp³-hybridized carbons (Fsp3) is 0.526. The summed E-state index contributed by atoms with van der Waals surface area (Å²) in [6.45, 7) is 4.45. The highest BCUT2D eigenvalue weighted by Gasteiger charge is 2.22. The van der Waals surface area contributed by atoms with Crippen molar-refractivity contribution in [3.05, 3.63) is 24.3 Å². The van der Waals surface area contributed by atoms with E-state index in [2.05, 4.69) is 37.8 Å². The Hall–Kier alpha value is -2.61. The minimum absolute atomic E-state index is 0.251. The molecule has 1 aromatic carbocycles. The van der Waals surface area contributed by atoms with Gasteiger partial charge in [0.05, 0.1) is 6.61 Å². The maximum absolute atomic E-state index is 5.65. The molecule has 0 bridgehead atoms. The lowest BCUT2D eigenvalue weighted by Crippen LogP contribution is -2.10. The normalized spacial score (nSPS) is 15.3. The van der Waals surface area contributed by atoms with Gasteiger partial charge in [-0.25, -0.2) is 0 Å². The number of rotatable bonds is 12. The molecule has 1 atom stereocenters. The van der Waals surface area contributed by atoms with E-state index in [-0.39, 0.29) is 6.10 Å². The standard InChI is InChI=1S/C19H28N6O2/c1-3-4-5-6-11-21-18-23-17(20-2)24-19(25-18)22-14-7-9-15(10-8-14)26-12-16-13-27-16/h7-10,16H,3-6,11-13H2,1-2H3,(H3,20,21,22,23,24,25). The Labute approximate surface area is 160 Å². The molecule has 8 nitrogen and oxygen atoms in total. The fourth-order valence-electron chi connectivity index (χ4n) is 2.49. The van der Waals surface area contributed by atoms with E-state index in [9.17, 15) is 0 Å². The number of epoxide rings is 1. The van der Waals surface area contributed by atoms with Gasteiger partial charge in [-0.1, -0.05) is 26.2 Å². The molecule has 1 fully saturated rings. The number of benzene rings is 1. The van der Waals surface area contributed by atoms with Crippen LogP contribution in [0.2, 0.25) is 0 Å². The summed E-state index contributed by atoms with van der Waals surface area (Å²) in [4.78, 5) is 13.2. The maximum Gasteiger partial charge on any atom is 0.233 e. The molecule has 146 valence electrons. The summed E-state index contributed by atoms with van der Waals surface area (Å²) in [5, 5.41) is 9.46. The van der Waals surface area contributed by atoms with Gasteiger partial charge in [0.15, 0.2) is 0 Å². The van der Waals surface area contributed by atoms with Crippen LogP contribution in [0.3, 0.4) is 0 Å². The Balaban J connectivity index is 1.56. The second-order valence-electron chi connectivity index (χ2n) is 6.46. The van der Waals surface area contributed by atoms with Crippen molar-refractivity contribution in [2.45, 2.75) is 38.7 Å². The Morgan fingerprint density at radius 1 is 1.04 bits per heavy atom. The van der Waals surface area contributed by atoms with Gasteiger partial charge >= 0.3 is 0 Å². The van der Waals surface area contributed by atoms with Crippen molar-refractivity contribution >= 4 is 23.5 Å². The summed E-state index contributed by atoms with van der Waals surface area (Å²) in [5.74, 6) is 2.40. The first-order valence-electron chi connectivity index (χ1n) is 9.56. The summed E-state index contributed by atoms with van der Waals surface area (Å²) < 4.78 is 10.8. The van der Waals surface area contributed by atoms with Crippen LogP contribution in [0.5, 0.6) is 5.75 Å². The molecule has 2 heterocycles. The Morgan fingerprint density at radius 3 is 2.48 bits per heavy atom. The third-order valence-corrected chi connectivity index (χ3v) is 4.12. The lowest BCUT2D eigenvalue weighted by Gasteiger charge is -2.10. The van der Waals surface area contributed by atoms with E-state index >= 15 is 0 Å². The van der Waals surface area contributed by atoms with Crippen LogP contribution in [0, 0.1) is 0 Å². The zero-order valence-corrected chi connectivity index (χ0v) is 16.0. The zero-order chi connectivity index (χ0) is 18.9. The maximum atomic E-state index is 5.65. The second kappa shape index (κ2) is 9.91. The summed E-state index contributed by atoms with van der Waals surface area (Å²) >= 11 is 0. The SMILES string of the molecule is CCCCCCNc1nc(NC)nc(Nc2ccc(OCC3CO3)cc2)n1. The van der Waals surface area contributed by atoms with Gasteiger partial charge in [0.25, 0.3) is 0 Å². The molecule has 27 heavy (non-hydrogen) atoms. The van der Waals surface area contributed by atoms with Crippen LogP contribution in [0.25, 0.3) is 0 Å². The monoisotopic (exact) mass is 372 g/mol. The molecular weight excluding hydrogens is 344 g/mol. The van der Waals surface area contributed by atoms with E-state index in [0.29, 0.717) is 24.5 Å². The third kappa shape index (κ3) is 6.56. The van der Waals surface area contributed by atoms with Crippen LogP contribution in [0.1, 0.15) is 32.6 Å². The van der Waals surface area contributed by atoms with Crippen LogP contribution in [-0.2, 0) is 4.74 Å². The largest absolute Gasteiger partial charge is 0.491 e. The first-order chi connectivity index (χ1) is 13.3. The highest BCUT2D eigenvalue weighted by Crippen LogP contribution is 2.20. The van der Waals surface area contributed by atoms with E-state index in [1.165, 1.54) is 19.3 Å². The van der Waals surface area contributed by atoms with Gasteiger partial charge in [-0.2, -0.15) is 15.0 Å². The van der Waals surface area contributed by atoms with Crippen LogP contribution >= 0.6 is 0 Å². The topological polar surface area (TPSA) is 96.5 Å². The summed E-state index contributed by atoms with van der Waals surface area (Å²) in [5.41, 5.74) is 0.882. The van der Waals surface area contributed by atoms with Gasteiger partial charge in [0.2, 0.25) is 17.8 Å². The van der Waals surface area contributed by atoms with Gasteiger partial charge in [0, 0.05) is 19.3 Å². The molecule has 1 aromatic heterocycles. The average molecular weight is 372 g/mol. The molecule has 1 saturated heterocycles. The second-order valence-corrected chi connectivity index (χ2v) is 6.46. The molecule has 1 unspecified atom stereocenters. The Morgan fingerprint density at radius 2 is 1.78 bits per heavy atom. The predicted molar refractivity (Wildman–Crippen MR) is 107 cm³/mol. The van der Waals surface area contributed by atoms with E-state index in [1.807, 2.05) is 24.3 Å². The lowest BCUT2D eigenvalue weighted by molar-refractivity contribution is 0.263. The van der Waals surface area contributed by atoms with Crippen LogP contribution in [0.4, 0.5) is 23.5 Å². The van der Waals surface area contributed by atoms with Crippen molar-refractivity contribution in [1.82, 2.24) is 15.0 Å². The van der Waals surface area contributed by atoms with Gasteiger partial charge in [-0.3, -0.25) is 0 Å². The van der Waals surface area contributed by atoms with Gasteiger partial charge < -0.3 is 25.4 Å². The number of anilines is 4. The summed E-state index contributed by atoms with van der Waals surface area (Å²) in [6, 6.07) is 7.70. The lowest BCUT2D eigenvalue weighted by atomic mass is 10.2. The van der Waals surface area contributed by atoms with E-state index < -0.39 is 0 Å². The molecule has 2 aromatic rings. The van der Waals surface area contributed by atoms with E-state index in [0.717, 1.165) is 31.0 Å². The zero-order valence-electron chi connectivity index (χ0n) is 16.0. The average Bonchev–Trinajstić information content (AvgIpc) is 3.51. The molecule has 0 spiro atoms. The predicted octanol–water partition coefficient (Wildman–Crippen LogP) is 3.43. The van der Waals surface area contributed by atoms with E-state index in [1.54, 1.807) is 7.05 Å². The van der Waals surface area contributed by atoms with Crippen LogP contribution < -0.4 is 20.7 Å². The van der Waals surface area contributed by atoms with Crippen molar-refractivity contribution in [2.24, 2.45) is 0 Å².